The zero-order valence-electron chi connectivity index (χ0n) is 13.3. The molecule has 1 amide bonds. The molecule has 0 aromatic heterocycles. The van der Waals surface area contributed by atoms with Crippen LogP contribution in [0.15, 0.2) is 72.8 Å². The Labute approximate surface area is 144 Å². The first-order chi connectivity index (χ1) is 12.1. The van der Waals surface area contributed by atoms with Crippen LogP contribution >= 0.6 is 0 Å². The van der Waals surface area contributed by atoms with Gasteiger partial charge >= 0.3 is 0 Å². The molecular weight excluding hydrogens is 321 g/mol. The van der Waals surface area contributed by atoms with Gasteiger partial charge in [0.1, 0.15) is 23.9 Å². The van der Waals surface area contributed by atoms with E-state index in [9.17, 15) is 14.3 Å². The van der Waals surface area contributed by atoms with Gasteiger partial charge in [-0.25, -0.2) is 4.39 Å². The Balaban J connectivity index is 1.72. The van der Waals surface area contributed by atoms with Gasteiger partial charge in [0, 0.05) is 5.69 Å². The Bertz CT molecular complexity index is 861. The number of phenolic OH excluding ortho intramolecular Hbond substituents is 1. The Morgan fingerprint density at radius 3 is 2.36 bits per heavy atom. The largest absolute Gasteiger partial charge is 0.508 e. The molecule has 3 aromatic carbocycles. The molecule has 25 heavy (non-hydrogen) atoms. The number of carbonyl (C=O) groups excluding carboxylic acids is 1. The second kappa shape index (κ2) is 7.49. The molecule has 0 unspecified atom stereocenters. The van der Waals surface area contributed by atoms with Gasteiger partial charge in [0.2, 0.25) is 0 Å². The lowest BCUT2D eigenvalue weighted by atomic mass is 10.1. The van der Waals surface area contributed by atoms with Crippen molar-refractivity contribution in [2.45, 2.75) is 6.61 Å². The Hall–Kier alpha value is -3.34. The number of amides is 1. The molecule has 0 radical (unpaired) electrons. The Kier molecular flexibility index (Phi) is 4.95. The highest BCUT2D eigenvalue weighted by atomic mass is 19.1. The highest BCUT2D eigenvalue weighted by Crippen LogP contribution is 2.22. The third kappa shape index (κ3) is 4.35. The summed E-state index contributed by atoms with van der Waals surface area (Å²) in [7, 11) is 0. The second-order valence-electron chi connectivity index (χ2n) is 5.41. The maximum absolute atomic E-state index is 12.9. The summed E-state index contributed by atoms with van der Waals surface area (Å²) in [5.41, 5.74) is 1.75. The monoisotopic (exact) mass is 337 g/mol. The molecule has 0 bridgehead atoms. The fraction of sp³-hybridized carbons (Fsp3) is 0.0500. The summed E-state index contributed by atoms with van der Waals surface area (Å²) in [5, 5.41) is 12.0. The Morgan fingerprint density at radius 1 is 0.960 bits per heavy atom. The van der Waals surface area contributed by atoms with Crippen LogP contribution in [0.1, 0.15) is 15.9 Å². The van der Waals surface area contributed by atoms with E-state index in [1.807, 2.05) is 0 Å². The number of nitrogens with one attached hydrogen (secondary N) is 1. The molecule has 0 heterocycles. The van der Waals surface area contributed by atoms with E-state index in [-0.39, 0.29) is 24.1 Å². The highest BCUT2D eigenvalue weighted by Gasteiger charge is 2.12. The molecule has 4 nitrogen and oxygen atoms in total. The zero-order valence-corrected chi connectivity index (χ0v) is 13.3. The number of anilines is 1. The average molecular weight is 337 g/mol. The average Bonchev–Trinajstić information content (AvgIpc) is 2.63. The number of aromatic hydroxyl groups is 1. The molecule has 0 fully saturated rings. The van der Waals surface area contributed by atoms with E-state index >= 15 is 0 Å². The first-order valence-electron chi connectivity index (χ1n) is 7.68. The van der Waals surface area contributed by atoms with E-state index < -0.39 is 0 Å². The van der Waals surface area contributed by atoms with Crippen molar-refractivity contribution in [3.63, 3.8) is 0 Å². The van der Waals surface area contributed by atoms with Crippen molar-refractivity contribution < 1.29 is 19.0 Å². The van der Waals surface area contributed by atoms with Crippen LogP contribution in [0.4, 0.5) is 10.1 Å². The number of rotatable bonds is 5. The van der Waals surface area contributed by atoms with E-state index in [1.54, 1.807) is 48.5 Å². The van der Waals surface area contributed by atoms with Crippen molar-refractivity contribution in [1.82, 2.24) is 0 Å². The number of benzene rings is 3. The summed E-state index contributed by atoms with van der Waals surface area (Å²) in [5.74, 6) is -0.0676. The first kappa shape index (κ1) is 16.5. The minimum absolute atomic E-state index is 0.126. The van der Waals surface area contributed by atoms with Crippen LogP contribution in [0.2, 0.25) is 0 Å². The van der Waals surface area contributed by atoms with Gasteiger partial charge in [0.15, 0.2) is 0 Å². The topological polar surface area (TPSA) is 58.6 Å². The van der Waals surface area contributed by atoms with Gasteiger partial charge in [-0.3, -0.25) is 4.79 Å². The van der Waals surface area contributed by atoms with Gasteiger partial charge in [-0.2, -0.15) is 0 Å². The standard InChI is InChI=1S/C20H16FNO3/c21-15-7-5-14(6-8-15)13-25-19-4-2-1-3-18(19)20(24)22-16-9-11-17(23)12-10-16/h1-12,23H,13H2,(H,22,24). The van der Waals surface area contributed by atoms with Gasteiger partial charge < -0.3 is 15.2 Å². The number of carbonyl (C=O) groups is 1. The lowest BCUT2D eigenvalue weighted by Crippen LogP contribution is -2.13. The van der Waals surface area contributed by atoms with E-state index in [4.69, 9.17) is 4.74 Å². The quantitative estimate of drug-likeness (QED) is 0.680. The summed E-state index contributed by atoms with van der Waals surface area (Å²) in [6.45, 7) is 0.226. The molecule has 0 spiro atoms. The summed E-state index contributed by atoms with van der Waals surface area (Å²) >= 11 is 0. The molecule has 3 rings (SSSR count). The second-order valence-corrected chi connectivity index (χ2v) is 5.41. The third-order valence-corrected chi connectivity index (χ3v) is 3.56. The minimum Gasteiger partial charge on any atom is -0.508 e. The van der Waals surface area contributed by atoms with Crippen molar-refractivity contribution in [3.05, 3.63) is 89.7 Å². The molecule has 3 aromatic rings. The molecule has 0 aliphatic heterocycles. The van der Waals surface area contributed by atoms with Crippen LogP contribution in [0, 0.1) is 5.82 Å². The molecule has 0 aliphatic rings. The molecule has 126 valence electrons. The molecule has 0 saturated heterocycles. The first-order valence-corrected chi connectivity index (χ1v) is 7.68. The summed E-state index contributed by atoms with van der Waals surface area (Å²) in [4.78, 5) is 12.5. The summed E-state index contributed by atoms with van der Waals surface area (Å²) in [6.07, 6.45) is 0. The van der Waals surface area contributed by atoms with Crippen LogP contribution < -0.4 is 10.1 Å². The number of hydrogen-bond donors (Lipinski definition) is 2. The van der Waals surface area contributed by atoms with Crippen molar-refractivity contribution in [1.29, 1.82) is 0 Å². The van der Waals surface area contributed by atoms with Crippen LogP contribution in [-0.4, -0.2) is 11.0 Å². The molecular formula is C20H16FNO3. The number of ether oxygens (including phenoxy) is 1. The fourth-order valence-corrected chi connectivity index (χ4v) is 2.26. The number of para-hydroxylation sites is 1. The van der Waals surface area contributed by atoms with E-state index in [0.29, 0.717) is 17.0 Å². The predicted octanol–water partition coefficient (Wildman–Crippen LogP) is 4.36. The zero-order chi connectivity index (χ0) is 17.6. The van der Waals surface area contributed by atoms with Crippen molar-refractivity contribution in [2.24, 2.45) is 0 Å². The lowest BCUT2D eigenvalue weighted by molar-refractivity contribution is 0.102. The van der Waals surface area contributed by atoms with Crippen molar-refractivity contribution in [2.75, 3.05) is 5.32 Å². The predicted molar refractivity (Wildman–Crippen MR) is 93.2 cm³/mol. The number of phenols is 1. The molecule has 0 atom stereocenters. The van der Waals surface area contributed by atoms with Gasteiger partial charge in [-0.05, 0) is 54.1 Å². The maximum Gasteiger partial charge on any atom is 0.259 e. The smallest absolute Gasteiger partial charge is 0.259 e. The number of hydrogen-bond acceptors (Lipinski definition) is 3. The normalized spacial score (nSPS) is 10.3. The van der Waals surface area contributed by atoms with E-state index in [2.05, 4.69) is 5.32 Å². The molecule has 0 saturated carbocycles. The summed E-state index contributed by atoms with van der Waals surface area (Å²) < 4.78 is 18.7. The van der Waals surface area contributed by atoms with Crippen molar-refractivity contribution in [3.8, 4) is 11.5 Å². The molecule has 5 heteroatoms. The highest BCUT2D eigenvalue weighted by molar-refractivity contribution is 6.06. The van der Waals surface area contributed by atoms with Crippen LogP contribution in [0.25, 0.3) is 0 Å². The summed E-state index contributed by atoms with van der Waals surface area (Å²) in [6, 6.07) is 19.1. The van der Waals surface area contributed by atoms with Crippen LogP contribution in [0.5, 0.6) is 11.5 Å². The number of halogens is 1. The SMILES string of the molecule is O=C(Nc1ccc(O)cc1)c1ccccc1OCc1ccc(F)cc1. The minimum atomic E-state index is -0.319. The molecule has 2 N–H and O–H groups in total. The fourth-order valence-electron chi connectivity index (χ4n) is 2.26. The molecule has 0 aliphatic carbocycles. The van der Waals surface area contributed by atoms with Crippen LogP contribution in [0.3, 0.4) is 0 Å². The van der Waals surface area contributed by atoms with Gasteiger partial charge in [0.25, 0.3) is 5.91 Å². The van der Waals surface area contributed by atoms with Gasteiger partial charge in [0.05, 0.1) is 5.56 Å². The maximum atomic E-state index is 12.9. The van der Waals surface area contributed by atoms with Crippen molar-refractivity contribution >= 4 is 11.6 Å². The van der Waals surface area contributed by atoms with E-state index in [1.165, 1.54) is 24.3 Å². The van der Waals surface area contributed by atoms with Crippen LogP contribution in [-0.2, 0) is 6.61 Å². The van der Waals surface area contributed by atoms with Gasteiger partial charge in [-0.1, -0.05) is 24.3 Å². The van der Waals surface area contributed by atoms with Gasteiger partial charge in [-0.15, -0.1) is 0 Å². The third-order valence-electron chi connectivity index (χ3n) is 3.56. The Morgan fingerprint density at radius 2 is 1.64 bits per heavy atom. The van der Waals surface area contributed by atoms with E-state index in [0.717, 1.165) is 5.56 Å². The lowest BCUT2D eigenvalue weighted by Gasteiger charge is -2.12.